The van der Waals surface area contributed by atoms with Crippen molar-refractivity contribution in [3.05, 3.63) is 34.5 Å². The standard InChI is InChI=1S/C16H19FN2OS.ClH/c1-10-13-7-12(17)4-5-14(13)21-15(10)16(20)19-9-11-3-2-6-18-8-11;/h4-5,7,11,18H,2-3,6,8-9H2,1H3,(H,19,20);1H. The number of thiophene rings is 1. The predicted molar refractivity (Wildman–Crippen MR) is 91.7 cm³/mol. The monoisotopic (exact) mass is 342 g/mol. The minimum Gasteiger partial charge on any atom is -0.351 e. The van der Waals surface area contributed by atoms with Crippen molar-refractivity contribution in [3.63, 3.8) is 0 Å². The van der Waals surface area contributed by atoms with Crippen LogP contribution in [0.4, 0.5) is 4.39 Å². The van der Waals surface area contributed by atoms with E-state index in [9.17, 15) is 9.18 Å². The van der Waals surface area contributed by atoms with E-state index in [1.807, 2.05) is 6.92 Å². The van der Waals surface area contributed by atoms with Gasteiger partial charge in [0, 0.05) is 11.2 Å². The summed E-state index contributed by atoms with van der Waals surface area (Å²) in [6.45, 7) is 4.63. The van der Waals surface area contributed by atoms with Crippen molar-refractivity contribution in [2.45, 2.75) is 19.8 Å². The SMILES string of the molecule is Cc1c(C(=O)NCC2CCCNC2)sc2ccc(F)cc12.Cl. The molecule has 1 saturated heterocycles. The highest BCUT2D eigenvalue weighted by molar-refractivity contribution is 7.21. The van der Waals surface area contributed by atoms with E-state index in [1.165, 1.54) is 29.9 Å². The van der Waals surface area contributed by atoms with Gasteiger partial charge in [-0.25, -0.2) is 4.39 Å². The molecule has 0 radical (unpaired) electrons. The van der Waals surface area contributed by atoms with Crippen LogP contribution < -0.4 is 10.6 Å². The van der Waals surface area contributed by atoms with E-state index in [0.29, 0.717) is 17.3 Å². The molecule has 1 aromatic heterocycles. The molecule has 3 nitrogen and oxygen atoms in total. The number of piperidine rings is 1. The topological polar surface area (TPSA) is 41.1 Å². The van der Waals surface area contributed by atoms with Crippen LogP contribution in [0.5, 0.6) is 0 Å². The molecule has 1 aliphatic rings. The Morgan fingerprint density at radius 1 is 1.50 bits per heavy atom. The number of carbonyl (C=O) groups excluding carboxylic acids is 1. The summed E-state index contributed by atoms with van der Waals surface area (Å²) >= 11 is 1.43. The van der Waals surface area contributed by atoms with Crippen LogP contribution in [0.1, 0.15) is 28.1 Å². The first-order valence-corrected chi connectivity index (χ1v) is 8.14. The minimum absolute atomic E-state index is 0. The van der Waals surface area contributed by atoms with Crippen LogP contribution in [0.2, 0.25) is 0 Å². The van der Waals surface area contributed by atoms with Gasteiger partial charge in [0.15, 0.2) is 0 Å². The molecule has 1 unspecified atom stereocenters. The van der Waals surface area contributed by atoms with E-state index < -0.39 is 0 Å². The first-order chi connectivity index (χ1) is 10.1. The molecule has 0 saturated carbocycles. The third kappa shape index (κ3) is 3.59. The predicted octanol–water partition coefficient (Wildman–Crippen LogP) is 3.50. The Hall–Kier alpha value is -1.17. The van der Waals surface area contributed by atoms with Crippen molar-refractivity contribution < 1.29 is 9.18 Å². The molecule has 120 valence electrons. The fourth-order valence-corrected chi connectivity index (χ4v) is 3.93. The lowest BCUT2D eigenvalue weighted by atomic mass is 10.00. The van der Waals surface area contributed by atoms with Gasteiger partial charge in [-0.2, -0.15) is 0 Å². The van der Waals surface area contributed by atoms with Gasteiger partial charge < -0.3 is 10.6 Å². The summed E-state index contributed by atoms with van der Waals surface area (Å²) in [6.07, 6.45) is 2.33. The van der Waals surface area contributed by atoms with Crippen LogP contribution in [-0.2, 0) is 0 Å². The molecule has 2 heterocycles. The number of hydrogen-bond donors (Lipinski definition) is 2. The van der Waals surface area contributed by atoms with Gasteiger partial charge in [0.2, 0.25) is 0 Å². The zero-order chi connectivity index (χ0) is 14.8. The lowest BCUT2D eigenvalue weighted by molar-refractivity contribution is 0.0948. The van der Waals surface area contributed by atoms with Gasteiger partial charge in [-0.3, -0.25) is 4.79 Å². The fourth-order valence-electron chi connectivity index (χ4n) is 2.83. The molecule has 22 heavy (non-hydrogen) atoms. The maximum absolute atomic E-state index is 13.3. The number of nitrogens with one attached hydrogen (secondary N) is 2. The molecule has 3 rings (SSSR count). The second kappa shape index (κ2) is 7.40. The molecular weight excluding hydrogens is 323 g/mol. The number of amides is 1. The van der Waals surface area contributed by atoms with E-state index in [-0.39, 0.29) is 24.1 Å². The zero-order valence-electron chi connectivity index (χ0n) is 12.4. The quantitative estimate of drug-likeness (QED) is 0.896. The summed E-state index contributed by atoms with van der Waals surface area (Å²) < 4.78 is 14.3. The summed E-state index contributed by atoms with van der Waals surface area (Å²) in [5.74, 6) is 0.207. The number of halogens is 2. The Bertz CT molecular complexity index is 667. The van der Waals surface area contributed by atoms with Crippen molar-refractivity contribution in [2.75, 3.05) is 19.6 Å². The van der Waals surface area contributed by atoms with E-state index in [0.717, 1.165) is 35.2 Å². The van der Waals surface area contributed by atoms with Gasteiger partial charge in [-0.1, -0.05) is 0 Å². The average molecular weight is 343 g/mol. The largest absolute Gasteiger partial charge is 0.351 e. The minimum atomic E-state index is -0.261. The Balaban J connectivity index is 0.00000176. The van der Waals surface area contributed by atoms with E-state index in [1.54, 1.807) is 6.07 Å². The molecule has 1 amide bonds. The molecule has 1 aliphatic heterocycles. The van der Waals surface area contributed by atoms with Crippen LogP contribution in [0.3, 0.4) is 0 Å². The highest BCUT2D eigenvalue weighted by Crippen LogP contribution is 2.31. The smallest absolute Gasteiger partial charge is 0.261 e. The van der Waals surface area contributed by atoms with Gasteiger partial charge in [-0.15, -0.1) is 23.7 Å². The summed E-state index contributed by atoms with van der Waals surface area (Å²) in [6, 6.07) is 4.68. The second-order valence-electron chi connectivity index (χ2n) is 5.62. The van der Waals surface area contributed by atoms with E-state index in [4.69, 9.17) is 0 Å². The Kier molecular flexibility index (Phi) is 5.78. The van der Waals surface area contributed by atoms with Gasteiger partial charge in [0.05, 0.1) is 4.88 Å². The highest BCUT2D eigenvalue weighted by Gasteiger charge is 2.18. The average Bonchev–Trinajstić information content (AvgIpc) is 2.83. The number of benzene rings is 1. The van der Waals surface area contributed by atoms with E-state index >= 15 is 0 Å². The molecule has 2 aromatic rings. The molecule has 0 spiro atoms. The van der Waals surface area contributed by atoms with Crippen LogP contribution in [0.15, 0.2) is 18.2 Å². The van der Waals surface area contributed by atoms with E-state index in [2.05, 4.69) is 10.6 Å². The number of fused-ring (bicyclic) bond motifs is 1. The molecule has 1 fully saturated rings. The van der Waals surface area contributed by atoms with Crippen molar-refractivity contribution >= 4 is 39.7 Å². The molecule has 6 heteroatoms. The molecular formula is C16H20ClFN2OS. The van der Waals surface area contributed by atoms with Crippen molar-refractivity contribution in [3.8, 4) is 0 Å². The Morgan fingerprint density at radius 3 is 3.05 bits per heavy atom. The molecule has 2 N–H and O–H groups in total. The third-order valence-electron chi connectivity index (χ3n) is 4.05. The second-order valence-corrected chi connectivity index (χ2v) is 6.67. The van der Waals surface area contributed by atoms with Crippen molar-refractivity contribution in [2.24, 2.45) is 5.92 Å². The maximum Gasteiger partial charge on any atom is 0.261 e. The van der Waals surface area contributed by atoms with Gasteiger partial charge >= 0.3 is 0 Å². The van der Waals surface area contributed by atoms with Gasteiger partial charge in [0.1, 0.15) is 5.82 Å². The number of carbonyl (C=O) groups is 1. The zero-order valence-corrected chi connectivity index (χ0v) is 14.1. The summed E-state index contributed by atoms with van der Waals surface area (Å²) in [5, 5.41) is 7.21. The number of rotatable bonds is 3. The van der Waals surface area contributed by atoms with Crippen LogP contribution >= 0.6 is 23.7 Å². The lowest BCUT2D eigenvalue weighted by Crippen LogP contribution is -2.38. The summed E-state index contributed by atoms with van der Waals surface area (Å²) in [5.41, 5.74) is 0.869. The lowest BCUT2D eigenvalue weighted by Gasteiger charge is -2.22. The normalized spacial score (nSPS) is 18.0. The molecule has 0 bridgehead atoms. The highest BCUT2D eigenvalue weighted by atomic mass is 35.5. The van der Waals surface area contributed by atoms with Crippen molar-refractivity contribution in [1.29, 1.82) is 0 Å². The molecule has 1 atom stereocenters. The van der Waals surface area contributed by atoms with Crippen LogP contribution in [0, 0.1) is 18.7 Å². The summed E-state index contributed by atoms with van der Waals surface area (Å²) in [4.78, 5) is 13.0. The van der Waals surface area contributed by atoms with Gasteiger partial charge in [-0.05, 0) is 67.9 Å². The first-order valence-electron chi connectivity index (χ1n) is 7.32. The molecule has 1 aromatic carbocycles. The Labute approximate surface area is 139 Å². The number of aryl methyl sites for hydroxylation is 1. The van der Waals surface area contributed by atoms with Crippen molar-refractivity contribution in [1.82, 2.24) is 10.6 Å². The Morgan fingerprint density at radius 2 is 2.32 bits per heavy atom. The molecule has 0 aliphatic carbocycles. The maximum atomic E-state index is 13.3. The fraction of sp³-hybridized carbons (Fsp3) is 0.438. The summed E-state index contributed by atoms with van der Waals surface area (Å²) in [7, 11) is 0. The first kappa shape index (κ1) is 17.2. The van der Waals surface area contributed by atoms with Gasteiger partial charge in [0.25, 0.3) is 5.91 Å². The number of hydrogen-bond acceptors (Lipinski definition) is 3. The van der Waals surface area contributed by atoms with Crippen LogP contribution in [0.25, 0.3) is 10.1 Å². The van der Waals surface area contributed by atoms with Crippen LogP contribution in [-0.4, -0.2) is 25.5 Å². The third-order valence-corrected chi connectivity index (χ3v) is 5.33.